The Morgan fingerprint density at radius 2 is 2.25 bits per heavy atom. The van der Waals surface area contributed by atoms with Crippen LogP contribution in [0.25, 0.3) is 10.9 Å². The van der Waals surface area contributed by atoms with Gasteiger partial charge in [0, 0.05) is 31.2 Å². The van der Waals surface area contributed by atoms with Gasteiger partial charge < -0.3 is 0 Å². The fourth-order valence-electron chi connectivity index (χ4n) is 3.62. The lowest BCUT2D eigenvalue weighted by Gasteiger charge is -2.32. The second kappa shape index (κ2) is 6.65. The third-order valence-corrected chi connectivity index (χ3v) is 4.66. The Hall–Kier alpha value is -2.34. The maximum atomic E-state index is 13.9. The molecule has 0 aliphatic carbocycles. The lowest BCUT2D eigenvalue weighted by atomic mass is 9.97. The van der Waals surface area contributed by atoms with Crippen molar-refractivity contribution in [2.75, 3.05) is 13.1 Å². The van der Waals surface area contributed by atoms with E-state index in [-0.39, 0.29) is 5.82 Å². The molecule has 0 N–H and O–H groups in total. The van der Waals surface area contributed by atoms with Crippen molar-refractivity contribution < 1.29 is 4.39 Å². The number of piperidine rings is 1. The minimum absolute atomic E-state index is 0.193. The molecule has 1 atom stereocenters. The molecule has 4 rings (SSSR count). The van der Waals surface area contributed by atoms with Crippen molar-refractivity contribution in [3.05, 3.63) is 54.5 Å². The number of aromatic nitrogens is 4. The number of nitrogens with zero attached hydrogens (tertiary/aromatic N) is 5. The first-order valence-corrected chi connectivity index (χ1v) is 8.36. The van der Waals surface area contributed by atoms with Crippen molar-refractivity contribution in [3.63, 3.8) is 0 Å². The summed E-state index contributed by atoms with van der Waals surface area (Å²) in [5.74, 6) is 0.356. The predicted molar refractivity (Wildman–Crippen MR) is 89.7 cm³/mol. The quantitative estimate of drug-likeness (QED) is 0.740. The van der Waals surface area contributed by atoms with Crippen LogP contribution in [-0.4, -0.2) is 37.7 Å². The van der Waals surface area contributed by atoms with Crippen LogP contribution < -0.4 is 0 Å². The van der Waals surface area contributed by atoms with Crippen LogP contribution >= 0.6 is 0 Å². The Labute approximate surface area is 140 Å². The van der Waals surface area contributed by atoms with Gasteiger partial charge in [-0.15, -0.1) is 0 Å². The predicted octanol–water partition coefficient (Wildman–Crippen LogP) is 2.88. The molecule has 1 aliphatic heterocycles. The van der Waals surface area contributed by atoms with Crippen molar-refractivity contribution in [2.45, 2.75) is 25.9 Å². The van der Waals surface area contributed by atoms with E-state index in [4.69, 9.17) is 0 Å². The third-order valence-electron chi connectivity index (χ3n) is 4.66. The number of likely N-dealkylation sites (tertiary alicyclic amines) is 1. The molecule has 5 nitrogen and oxygen atoms in total. The molecule has 1 aliphatic rings. The summed E-state index contributed by atoms with van der Waals surface area (Å²) in [7, 11) is 0. The van der Waals surface area contributed by atoms with Gasteiger partial charge >= 0.3 is 0 Å². The zero-order chi connectivity index (χ0) is 16.4. The monoisotopic (exact) mass is 325 g/mol. The number of pyridine rings is 1. The minimum atomic E-state index is -0.193. The van der Waals surface area contributed by atoms with Crippen molar-refractivity contribution in [1.82, 2.24) is 24.6 Å². The second-order valence-electron chi connectivity index (χ2n) is 6.50. The van der Waals surface area contributed by atoms with Gasteiger partial charge in [0.25, 0.3) is 0 Å². The summed E-state index contributed by atoms with van der Waals surface area (Å²) in [6.07, 6.45) is 7.46. The molecular weight excluding hydrogens is 305 g/mol. The van der Waals surface area contributed by atoms with E-state index in [0.29, 0.717) is 5.92 Å². The average molecular weight is 325 g/mol. The van der Waals surface area contributed by atoms with E-state index in [0.717, 1.165) is 49.1 Å². The number of halogens is 1. The third kappa shape index (κ3) is 3.28. The molecule has 1 aromatic carbocycles. The average Bonchev–Trinajstić information content (AvgIpc) is 3.08. The zero-order valence-corrected chi connectivity index (χ0v) is 13.5. The first-order chi connectivity index (χ1) is 11.8. The molecule has 0 radical (unpaired) electrons. The summed E-state index contributed by atoms with van der Waals surface area (Å²) >= 11 is 0. The van der Waals surface area contributed by atoms with Crippen LogP contribution in [0.4, 0.5) is 4.39 Å². The molecule has 0 saturated carbocycles. The highest BCUT2D eigenvalue weighted by molar-refractivity contribution is 5.81. The first-order valence-electron chi connectivity index (χ1n) is 8.36. The highest BCUT2D eigenvalue weighted by Crippen LogP contribution is 2.24. The summed E-state index contributed by atoms with van der Waals surface area (Å²) in [5, 5.41) is 5.06. The van der Waals surface area contributed by atoms with Gasteiger partial charge in [0.05, 0.1) is 5.52 Å². The van der Waals surface area contributed by atoms with Crippen molar-refractivity contribution in [1.29, 1.82) is 0 Å². The van der Waals surface area contributed by atoms with E-state index >= 15 is 0 Å². The molecule has 3 heterocycles. The van der Waals surface area contributed by atoms with E-state index in [1.54, 1.807) is 31.0 Å². The maximum Gasteiger partial charge on any atom is 0.137 e. The second-order valence-corrected chi connectivity index (χ2v) is 6.50. The summed E-state index contributed by atoms with van der Waals surface area (Å²) < 4.78 is 15.8. The fourth-order valence-corrected chi connectivity index (χ4v) is 3.62. The molecule has 1 saturated heterocycles. The molecule has 0 spiro atoms. The summed E-state index contributed by atoms with van der Waals surface area (Å²) in [6, 6.07) is 6.94. The van der Waals surface area contributed by atoms with Crippen molar-refractivity contribution in [2.24, 2.45) is 5.92 Å². The highest BCUT2D eigenvalue weighted by atomic mass is 19.1. The Morgan fingerprint density at radius 1 is 1.29 bits per heavy atom. The number of fused-ring (bicyclic) bond motifs is 1. The van der Waals surface area contributed by atoms with Crippen LogP contribution in [0.5, 0.6) is 0 Å². The molecule has 24 heavy (non-hydrogen) atoms. The summed E-state index contributed by atoms with van der Waals surface area (Å²) in [4.78, 5) is 10.9. The number of hydrogen-bond acceptors (Lipinski definition) is 4. The van der Waals surface area contributed by atoms with Gasteiger partial charge in [-0.1, -0.05) is 6.07 Å². The van der Waals surface area contributed by atoms with Crippen LogP contribution in [0.1, 0.15) is 18.4 Å². The van der Waals surface area contributed by atoms with Gasteiger partial charge in [-0.3, -0.25) is 14.6 Å². The molecule has 2 aromatic heterocycles. The van der Waals surface area contributed by atoms with Gasteiger partial charge in [-0.25, -0.2) is 9.37 Å². The van der Waals surface area contributed by atoms with Crippen LogP contribution in [0.3, 0.4) is 0 Å². The molecule has 0 amide bonds. The van der Waals surface area contributed by atoms with E-state index in [2.05, 4.69) is 20.0 Å². The SMILES string of the molecule is Fc1cc(CN2CCC[C@H](Cn3cncn3)C2)c2ncccc2c1. The van der Waals surface area contributed by atoms with Crippen molar-refractivity contribution in [3.8, 4) is 0 Å². The topological polar surface area (TPSA) is 46.8 Å². The summed E-state index contributed by atoms with van der Waals surface area (Å²) in [5.41, 5.74) is 1.87. The molecule has 3 aromatic rings. The smallest absolute Gasteiger partial charge is 0.137 e. The van der Waals surface area contributed by atoms with Crippen LogP contribution in [-0.2, 0) is 13.1 Å². The Balaban J connectivity index is 1.50. The first kappa shape index (κ1) is 15.2. The summed E-state index contributed by atoms with van der Waals surface area (Å²) in [6.45, 7) is 3.65. The molecule has 0 bridgehead atoms. The Kier molecular flexibility index (Phi) is 4.21. The number of benzene rings is 1. The number of rotatable bonds is 4. The van der Waals surface area contributed by atoms with Gasteiger partial charge in [0.15, 0.2) is 0 Å². The van der Waals surface area contributed by atoms with E-state index in [9.17, 15) is 4.39 Å². The van der Waals surface area contributed by atoms with Crippen LogP contribution in [0, 0.1) is 11.7 Å². The molecule has 0 unspecified atom stereocenters. The normalized spacial score (nSPS) is 19.0. The largest absolute Gasteiger partial charge is 0.299 e. The van der Waals surface area contributed by atoms with E-state index < -0.39 is 0 Å². The zero-order valence-electron chi connectivity index (χ0n) is 13.5. The Bertz CT molecular complexity index is 817. The van der Waals surface area contributed by atoms with E-state index in [1.807, 2.05) is 16.8 Å². The Morgan fingerprint density at radius 3 is 3.12 bits per heavy atom. The fraction of sp³-hybridized carbons (Fsp3) is 0.389. The lowest BCUT2D eigenvalue weighted by molar-refractivity contribution is 0.153. The van der Waals surface area contributed by atoms with Crippen molar-refractivity contribution >= 4 is 10.9 Å². The maximum absolute atomic E-state index is 13.9. The van der Waals surface area contributed by atoms with E-state index in [1.165, 1.54) is 6.42 Å². The molecule has 1 fully saturated rings. The van der Waals surface area contributed by atoms with Crippen LogP contribution in [0.2, 0.25) is 0 Å². The van der Waals surface area contributed by atoms with Gasteiger partial charge in [-0.05, 0) is 49.1 Å². The van der Waals surface area contributed by atoms with Gasteiger partial charge in [-0.2, -0.15) is 5.10 Å². The molecular formula is C18H20FN5. The lowest BCUT2D eigenvalue weighted by Crippen LogP contribution is -2.36. The van der Waals surface area contributed by atoms with Gasteiger partial charge in [0.1, 0.15) is 18.5 Å². The molecule has 124 valence electrons. The number of hydrogen-bond donors (Lipinski definition) is 0. The van der Waals surface area contributed by atoms with Gasteiger partial charge in [0.2, 0.25) is 0 Å². The molecule has 6 heteroatoms. The minimum Gasteiger partial charge on any atom is -0.299 e. The van der Waals surface area contributed by atoms with Crippen LogP contribution in [0.15, 0.2) is 43.1 Å². The highest BCUT2D eigenvalue weighted by Gasteiger charge is 2.21. The standard InChI is InChI=1S/C18H20FN5/c19-17-7-15-4-1-5-21-18(15)16(8-17)11-23-6-2-3-14(9-23)10-24-13-20-12-22-24/h1,4-5,7-8,12-14H,2-3,6,9-11H2/t14-/m0/s1.